The molecule has 0 saturated carbocycles. The van der Waals surface area contributed by atoms with Gasteiger partial charge in [-0.1, -0.05) is 11.3 Å². The van der Waals surface area contributed by atoms with Gasteiger partial charge in [-0.25, -0.2) is 22.2 Å². The number of rotatable bonds is 6. The molecular weight excluding hydrogens is 347 g/mol. The smallest absolute Gasteiger partial charge is 0.201 e. The molecule has 132 valence electrons. The minimum absolute atomic E-state index is 0.0317. The Morgan fingerprint density at radius 1 is 1.24 bits per heavy atom. The maximum atomic E-state index is 14.4. The highest BCUT2D eigenvalue weighted by Gasteiger charge is 2.12. The van der Waals surface area contributed by atoms with Crippen molar-refractivity contribution < 1.29 is 17.5 Å². The van der Waals surface area contributed by atoms with E-state index in [2.05, 4.69) is 15.0 Å². The quantitative estimate of drug-likeness (QED) is 0.653. The first-order valence-electron chi connectivity index (χ1n) is 7.63. The molecule has 0 aliphatic heterocycles. The van der Waals surface area contributed by atoms with Crippen molar-refractivity contribution >= 4 is 21.9 Å². The van der Waals surface area contributed by atoms with E-state index in [0.29, 0.717) is 22.3 Å². The van der Waals surface area contributed by atoms with Gasteiger partial charge in [0.1, 0.15) is 22.8 Å². The van der Waals surface area contributed by atoms with Crippen molar-refractivity contribution in [3.63, 3.8) is 0 Å². The van der Waals surface area contributed by atoms with E-state index < -0.39 is 16.7 Å². The monoisotopic (exact) mass is 364 g/mol. The van der Waals surface area contributed by atoms with Gasteiger partial charge in [0.05, 0.1) is 11.6 Å². The zero-order chi connectivity index (χ0) is 18.0. The average molecular weight is 364 g/mol. The molecule has 3 rings (SSSR count). The molecule has 0 saturated heterocycles. The van der Waals surface area contributed by atoms with E-state index in [0.717, 1.165) is 0 Å². The second kappa shape index (κ2) is 7.16. The Kier molecular flexibility index (Phi) is 4.95. The van der Waals surface area contributed by atoms with Crippen LogP contribution in [0.15, 0.2) is 36.4 Å². The molecular formula is C16H17FN4O3S. The average Bonchev–Trinajstić information content (AvgIpc) is 2.95. The third-order valence-corrected chi connectivity index (χ3v) is 3.86. The molecule has 3 aromatic rings. The summed E-state index contributed by atoms with van der Waals surface area (Å²) in [4.78, 5) is 0. The lowest BCUT2D eigenvalue weighted by Gasteiger charge is -2.09. The normalized spacial score (nSPS) is 11.6. The molecule has 1 aromatic heterocycles. The summed E-state index contributed by atoms with van der Waals surface area (Å²) in [7, 11) is -2.72. The van der Waals surface area contributed by atoms with Gasteiger partial charge >= 0.3 is 0 Å². The summed E-state index contributed by atoms with van der Waals surface area (Å²) in [5, 5.41) is 8.07. The van der Waals surface area contributed by atoms with Crippen LogP contribution in [0.5, 0.6) is 5.75 Å². The van der Waals surface area contributed by atoms with Crippen molar-refractivity contribution in [1.29, 1.82) is 0 Å². The highest BCUT2D eigenvalue weighted by Crippen LogP contribution is 2.23. The highest BCUT2D eigenvalue weighted by atomic mass is 32.2. The Balaban J connectivity index is 1.93. The van der Waals surface area contributed by atoms with Gasteiger partial charge < -0.3 is 4.74 Å². The second-order valence-corrected chi connectivity index (χ2v) is 6.53. The van der Waals surface area contributed by atoms with E-state index in [4.69, 9.17) is 4.74 Å². The number of thiol groups is 1. The highest BCUT2D eigenvalue weighted by molar-refractivity contribution is 7.70. The molecule has 0 bridgehead atoms. The summed E-state index contributed by atoms with van der Waals surface area (Å²) in [6.07, 6.45) is 0.0374. The fourth-order valence-electron chi connectivity index (χ4n) is 2.41. The number of halogens is 1. The zero-order valence-corrected chi connectivity index (χ0v) is 14.5. The van der Waals surface area contributed by atoms with Gasteiger partial charge in [0.2, 0.25) is 10.9 Å². The van der Waals surface area contributed by atoms with Crippen molar-refractivity contribution in [3.05, 3.63) is 47.8 Å². The van der Waals surface area contributed by atoms with Crippen molar-refractivity contribution in [3.8, 4) is 11.4 Å². The zero-order valence-electron chi connectivity index (χ0n) is 13.6. The summed E-state index contributed by atoms with van der Waals surface area (Å²) in [6.45, 7) is 3.88. The molecule has 0 aliphatic rings. The van der Waals surface area contributed by atoms with Crippen molar-refractivity contribution in [2.45, 2.75) is 26.5 Å². The van der Waals surface area contributed by atoms with E-state index in [1.54, 1.807) is 24.3 Å². The van der Waals surface area contributed by atoms with Crippen LogP contribution in [0.4, 0.5) is 4.39 Å². The van der Waals surface area contributed by atoms with Crippen LogP contribution < -0.4 is 9.46 Å². The Morgan fingerprint density at radius 2 is 2.04 bits per heavy atom. The Morgan fingerprint density at radius 3 is 2.72 bits per heavy atom. The minimum atomic E-state index is -2.72. The minimum Gasteiger partial charge on any atom is -0.491 e. The van der Waals surface area contributed by atoms with E-state index in [-0.39, 0.29) is 18.3 Å². The number of nitrogens with zero attached hydrogens (tertiary/aromatic N) is 3. The largest absolute Gasteiger partial charge is 0.491 e. The van der Waals surface area contributed by atoms with E-state index in [1.165, 1.54) is 16.8 Å². The molecule has 7 nitrogen and oxygen atoms in total. The molecule has 2 aromatic carbocycles. The van der Waals surface area contributed by atoms with E-state index >= 15 is 0 Å². The predicted octanol–water partition coefficient (Wildman–Crippen LogP) is 1.96. The third-order valence-electron chi connectivity index (χ3n) is 3.44. The lowest BCUT2D eigenvalue weighted by molar-refractivity contribution is 0.242. The fourth-order valence-corrected chi connectivity index (χ4v) is 2.73. The first kappa shape index (κ1) is 17.3. The number of benzene rings is 2. The molecule has 1 heterocycles. The number of fused-ring (bicyclic) bond motifs is 1. The molecule has 0 unspecified atom stereocenters. The maximum absolute atomic E-state index is 14.4. The number of nitrogens with one attached hydrogen (secondary N) is 1. The standard InChI is InChI=1S/C16H17FN4O3S/c1-10(2)24-12-4-6-16-14(8-12)19-20-21(16)15-5-3-11(7-13(15)17)9-18-25(22)23/h3-8,10,25H,9H2,1-2H3,(H,18,22,23). The van der Waals surface area contributed by atoms with Crippen LogP contribution in [0, 0.1) is 5.82 Å². The molecule has 0 aliphatic carbocycles. The Labute approximate surface area is 145 Å². The van der Waals surface area contributed by atoms with Crippen LogP contribution in [0.3, 0.4) is 0 Å². The van der Waals surface area contributed by atoms with Crippen LogP contribution in [0.1, 0.15) is 19.4 Å². The van der Waals surface area contributed by atoms with E-state index in [9.17, 15) is 12.8 Å². The van der Waals surface area contributed by atoms with Gasteiger partial charge in [-0.2, -0.15) is 0 Å². The Hall–Kier alpha value is -2.52. The SMILES string of the molecule is CC(C)Oc1ccc2c(c1)nnn2-c1ccc(CN[SH](=O)=O)cc1F. The molecule has 0 amide bonds. The number of hydrogen-bond acceptors (Lipinski definition) is 5. The first-order valence-corrected chi connectivity index (χ1v) is 8.80. The van der Waals surface area contributed by atoms with Gasteiger partial charge in [0, 0.05) is 12.6 Å². The molecule has 0 spiro atoms. The lowest BCUT2D eigenvalue weighted by Crippen LogP contribution is -2.11. The number of ether oxygens (including phenoxy) is 1. The van der Waals surface area contributed by atoms with Gasteiger partial charge in [-0.3, -0.25) is 0 Å². The molecule has 9 heteroatoms. The summed E-state index contributed by atoms with van der Waals surface area (Å²) >= 11 is 0. The van der Waals surface area contributed by atoms with Gasteiger partial charge in [-0.15, -0.1) is 5.10 Å². The number of hydrogen-bond donors (Lipinski definition) is 2. The number of aromatic nitrogens is 3. The van der Waals surface area contributed by atoms with Crippen LogP contribution in [-0.4, -0.2) is 29.5 Å². The van der Waals surface area contributed by atoms with Crippen molar-refractivity contribution in [2.75, 3.05) is 0 Å². The first-order chi connectivity index (χ1) is 11.9. The van der Waals surface area contributed by atoms with Gasteiger partial charge in [0.15, 0.2) is 0 Å². The molecule has 0 radical (unpaired) electrons. The van der Waals surface area contributed by atoms with Crippen LogP contribution in [0.25, 0.3) is 16.7 Å². The topological polar surface area (TPSA) is 86.1 Å². The summed E-state index contributed by atoms with van der Waals surface area (Å²) < 4.78 is 44.8. The third kappa shape index (κ3) is 3.94. The van der Waals surface area contributed by atoms with E-state index in [1.807, 2.05) is 13.8 Å². The van der Waals surface area contributed by atoms with Crippen molar-refractivity contribution in [1.82, 2.24) is 19.7 Å². The van der Waals surface area contributed by atoms with Gasteiger partial charge in [0.25, 0.3) is 0 Å². The summed E-state index contributed by atoms with van der Waals surface area (Å²) in [6, 6.07) is 9.74. The van der Waals surface area contributed by atoms with Crippen LogP contribution in [-0.2, 0) is 17.4 Å². The molecule has 25 heavy (non-hydrogen) atoms. The van der Waals surface area contributed by atoms with Crippen molar-refractivity contribution in [2.24, 2.45) is 0 Å². The lowest BCUT2D eigenvalue weighted by atomic mass is 10.2. The molecule has 0 fully saturated rings. The Bertz CT molecular complexity index is 977. The second-order valence-electron chi connectivity index (χ2n) is 5.70. The summed E-state index contributed by atoms with van der Waals surface area (Å²) in [5.41, 5.74) is 1.97. The summed E-state index contributed by atoms with van der Waals surface area (Å²) in [5.74, 6) is 0.151. The predicted molar refractivity (Wildman–Crippen MR) is 91.7 cm³/mol. The molecule has 0 atom stereocenters. The van der Waals surface area contributed by atoms with Crippen LogP contribution >= 0.6 is 0 Å². The molecule has 1 N–H and O–H groups in total. The van der Waals surface area contributed by atoms with Gasteiger partial charge in [-0.05, 0) is 43.7 Å². The fraction of sp³-hybridized carbons (Fsp3) is 0.250. The maximum Gasteiger partial charge on any atom is 0.201 e. The van der Waals surface area contributed by atoms with Crippen LogP contribution in [0.2, 0.25) is 0 Å².